The van der Waals surface area contributed by atoms with Gasteiger partial charge in [0.25, 0.3) is 5.22 Å². The summed E-state index contributed by atoms with van der Waals surface area (Å²) >= 11 is 1.69. The molecule has 1 aliphatic rings. The van der Waals surface area contributed by atoms with Gasteiger partial charge in [0.15, 0.2) is 0 Å². The molecule has 1 atom stereocenters. The van der Waals surface area contributed by atoms with Crippen molar-refractivity contribution in [2.24, 2.45) is 0 Å². The lowest BCUT2D eigenvalue weighted by Gasteiger charge is -2.30. The summed E-state index contributed by atoms with van der Waals surface area (Å²) < 4.78 is 11.3. The van der Waals surface area contributed by atoms with Gasteiger partial charge in [0, 0.05) is 30.8 Å². The summed E-state index contributed by atoms with van der Waals surface area (Å²) in [4.78, 5) is 6.77. The van der Waals surface area contributed by atoms with Crippen LogP contribution in [0, 0.1) is 0 Å². The molecule has 4 nitrogen and oxygen atoms in total. The van der Waals surface area contributed by atoms with Gasteiger partial charge in [0.1, 0.15) is 5.76 Å². The van der Waals surface area contributed by atoms with Gasteiger partial charge in [-0.05, 0) is 6.92 Å². The zero-order chi connectivity index (χ0) is 13.9. The molecule has 0 N–H and O–H groups in total. The van der Waals surface area contributed by atoms with Crippen LogP contribution in [0.2, 0.25) is 0 Å². The van der Waals surface area contributed by atoms with Crippen molar-refractivity contribution in [3.05, 3.63) is 12.0 Å². The van der Waals surface area contributed by atoms with Crippen molar-refractivity contribution in [1.82, 2.24) is 9.88 Å². The van der Waals surface area contributed by atoms with E-state index in [0.717, 1.165) is 43.0 Å². The average Bonchev–Trinajstić information content (AvgIpc) is 2.77. The molecule has 2 heterocycles. The Morgan fingerprint density at radius 3 is 2.89 bits per heavy atom. The van der Waals surface area contributed by atoms with Gasteiger partial charge in [0.05, 0.1) is 18.9 Å². The number of rotatable bonds is 4. The van der Waals surface area contributed by atoms with Crippen molar-refractivity contribution < 1.29 is 9.15 Å². The molecule has 19 heavy (non-hydrogen) atoms. The fourth-order valence-corrected chi connectivity index (χ4v) is 2.83. The van der Waals surface area contributed by atoms with Gasteiger partial charge in [-0.2, -0.15) is 0 Å². The van der Waals surface area contributed by atoms with E-state index in [-0.39, 0.29) is 5.41 Å². The lowest BCUT2D eigenvalue weighted by Crippen LogP contribution is -2.42. The van der Waals surface area contributed by atoms with Gasteiger partial charge in [-0.3, -0.25) is 4.90 Å². The van der Waals surface area contributed by atoms with Crippen molar-refractivity contribution in [3.63, 3.8) is 0 Å². The van der Waals surface area contributed by atoms with Gasteiger partial charge in [-0.25, -0.2) is 4.98 Å². The molecule has 2 rings (SSSR count). The normalized spacial score (nSPS) is 21.8. The van der Waals surface area contributed by atoms with E-state index in [0.29, 0.717) is 6.10 Å². The number of nitrogens with zero attached hydrogens (tertiary/aromatic N) is 2. The second kappa shape index (κ2) is 6.29. The predicted octanol–water partition coefficient (Wildman–Crippen LogP) is 2.78. The molecule has 1 saturated heterocycles. The quantitative estimate of drug-likeness (QED) is 0.795. The Morgan fingerprint density at radius 1 is 1.47 bits per heavy atom. The maximum Gasteiger partial charge on any atom is 0.255 e. The maximum atomic E-state index is 5.77. The molecule has 0 aromatic carbocycles. The molecule has 0 unspecified atom stereocenters. The SMILES string of the molecule is C[C@@H]1CN(CCSc2ncc(C(C)(C)C)o2)CCO1. The first kappa shape index (κ1) is 14.9. The first-order valence-corrected chi connectivity index (χ1v) is 7.87. The summed E-state index contributed by atoms with van der Waals surface area (Å²) in [5.74, 6) is 1.96. The summed E-state index contributed by atoms with van der Waals surface area (Å²) in [6.45, 7) is 12.5. The Balaban J connectivity index is 1.75. The number of aromatic nitrogens is 1. The first-order chi connectivity index (χ1) is 8.95. The zero-order valence-corrected chi connectivity index (χ0v) is 13.1. The highest BCUT2D eigenvalue weighted by atomic mass is 32.2. The van der Waals surface area contributed by atoms with E-state index in [1.165, 1.54) is 0 Å². The molecule has 0 saturated carbocycles. The number of oxazole rings is 1. The van der Waals surface area contributed by atoms with Crippen molar-refractivity contribution in [2.45, 2.75) is 44.4 Å². The van der Waals surface area contributed by atoms with Crippen molar-refractivity contribution in [1.29, 1.82) is 0 Å². The molecular weight excluding hydrogens is 260 g/mol. The lowest BCUT2D eigenvalue weighted by atomic mass is 9.94. The van der Waals surface area contributed by atoms with Crippen LogP contribution >= 0.6 is 11.8 Å². The minimum Gasteiger partial charge on any atom is -0.436 e. The van der Waals surface area contributed by atoms with Crippen LogP contribution in [0.15, 0.2) is 15.8 Å². The zero-order valence-electron chi connectivity index (χ0n) is 12.3. The standard InChI is InChI=1S/C14H24N2O2S/c1-11-10-16(5-7-17-11)6-8-19-13-15-9-12(18-13)14(2,3)4/h9,11H,5-8,10H2,1-4H3/t11-/m1/s1. The minimum absolute atomic E-state index is 0.0332. The van der Waals surface area contributed by atoms with E-state index >= 15 is 0 Å². The summed E-state index contributed by atoms with van der Waals surface area (Å²) in [6, 6.07) is 0. The number of hydrogen-bond acceptors (Lipinski definition) is 5. The van der Waals surface area contributed by atoms with Crippen LogP contribution in [0.4, 0.5) is 0 Å². The highest BCUT2D eigenvalue weighted by Gasteiger charge is 2.20. The van der Waals surface area contributed by atoms with Crippen LogP contribution in [0.25, 0.3) is 0 Å². The van der Waals surface area contributed by atoms with E-state index in [1.54, 1.807) is 11.8 Å². The van der Waals surface area contributed by atoms with Crippen molar-refractivity contribution in [3.8, 4) is 0 Å². The van der Waals surface area contributed by atoms with E-state index in [2.05, 4.69) is 37.6 Å². The largest absolute Gasteiger partial charge is 0.436 e. The highest BCUT2D eigenvalue weighted by Crippen LogP contribution is 2.26. The monoisotopic (exact) mass is 284 g/mol. The van der Waals surface area contributed by atoms with Gasteiger partial charge in [0.2, 0.25) is 0 Å². The second-order valence-electron chi connectivity index (χ2n) is 6.07. The van der Waals surface area contributed by atoms with E-state index in [9.17, 15) is 0 Å². The summed E-state index contributed by atoms with van der Waals surface area (Å²) in [5.41, 5.74) is 0.0332. The fraction of sp³-hybridized carbons (Fsp3) is 0.786. The topological polar surface area (TPSA) is 38.5 Å². The molecule has 1 fully saturated rings. The van der Waals surface area contributed by atoms with E-state index in [1.807, 2.05) is 6.20 Å². The van der Waals surface area contributed by atoms with Crippen LogP contribution in [0.3, 0.4) is 0 Å². The molecule has 0 aliphatic carbocycles. The Hall–Kier alpha value is -0.520. The molecule has 1 aromatic heterocycles. The molecule has 0 spiro atoms. The van der Waals surface area contributed by atoms with E-state index < -0.39 is 0 Å². The number of hydrogen-bond donors (Lipinski definition) is 0. The lowest BCUT2D eigenvalue weighted by molar-refractivity contribution is -0.0158. The molecule has 0 amide bonds. The van der Waals surface area contributed by atoms with Crippen LogP contribution in [-0.4, -0.2) is 48.0 Å². The Kier molecular flexibility index (Phi) is 4.92. The minimum atomic E-state index is 0.0332. The molecule has 0 bridgehead atoms. The van der Waals surface area contributed by atoms with Gasteiger partial charge in [-0.15, -0.1) is 0 Å². The first-order valence-electron chi connectivity index (χ1n) is 6.88. The smallest absolute Gasteiger partial charge is 0.255 e. The fourth-order valence-electron chi connectivity index (χ4n) is 2.03. The maximum absolute atomic E-state index is 5.77. The molecule has 0 radical (unpaired) electrons. The molecule has 108 valence electrons. The van der Waals surface area contributed by atoms with Crippen LogP contribution in [0.1, 0.15) is 33.5 Å². The third kappa shape index (κ3) is 4.51. The Labute approximate surface area is 119 Å². The van der Waals surface area contributed by atoms with Gasteiger partial charge < -0.3 is 9.15 Å². The second-order valence-corrected chi connectivity index (χ2v) is 7.12. The Bertz CT molecular complexity index is 400. The van der Waals surface area contributed by atoms with Crippen LogP contribution < -0.4 is 0 Å². The average molecular weight is 284 g/mol. The summed E-state index contributed by atoms with van der Waals surface area (Å²) in [5, 5.41) is 0.784. The predicted molar refractivity (Wildman–Crippen MR) is 77.8 cm³/mol. The number of thioether (sulfide) groups is 1. The Morgan fingerprint density at radius 2 is 2.26 bits per heavy atom. The molecule has 5 heteroatoms. The third-order valence-corrected chi connectivity index (χ3v) is 4.00. The van der Waals surface area contributed by atoms with E-state index in [4.69, 9.17) is 9.15 Å². The van der Waals surface area contributed by atoms with Crippen molar-refractivity contribution in [2.75, 3.05) is 32.0 Å². The van der Waals surface area contributed by atoms with Crippen LogP contribution in [0.5, 0.6) is 0 Å². The molecule has 1 aromatic rings. The number of morpholine rings is 1. The van der Waals surface area contributed by atoms with Gasteiger partial charge in [-0.1, -0.05) is 32.5 Å². The summed E-state index contributed by atoms with van der Waals surface area (Å²) in [6.07, 6.45) is 2.20. The number of ether oxygens (including phenoxy) is 1. The third-order valence-electron chi connectivity index (χ3n) is 3.18. The van der Waals surface area contributed by atoms with Crippen LogP contribution in [-0.2, 0) is 10.2 Å². The van der Waals surface area contributed by atoms with Crippen molar-refractivity contribution >= 4 is 11.8 Å². The van der Waals surface area contributed by atoms with Gasteiger partial charge >= 0.3 is 0 Å². The highest BCUT2D eigenvalue weighted by molar-refractivity contribution is 7.99. The molecular formula is C14H24N2O2S. The molecule has 1 aliphatic heterocycles. The summed E-state index contributed by atoms with van der Waals surface area (Å²) in [7, 11) is 0.